The number of nitrogens with one attached hydrogen (secondary N) is 2. The first-order chi connectivity index (χ1) is 18.1. The smallest absolute Gasteiger partial charge is 0.340 e. The number of benzene rings is 2. The van der Waals surface area contributed by atoms with E-state index in [0.717, 1.165) is 24.8 Å². The maximum absolute atomic E-state index is 13.4. The molecule has 0 heterocycles. The van der Waals surface area contributed by atoms with Crippen LogP contribution in [0.4, 0.5) is 0 Å². The van der Waals surface area contributed by atoms with Gasteiger partial charge in [-0.1, -0.05) is 23.7 Å². The summed E-state index contributed by atoms with van der Waals surface area (Å²) in [6, 6.07) is 11.2. The summed E-state index contributed by atoms with van der Waals surface area (Å²) in [5.41, 5.74) is 0.338. The summed E-state index contributed by atoms with van der Waals surface area (Å²) in [5.74, 6) is 1.09. The highest BCUT2D eigenvalue weighted by atomic mass is 35.5. The van der Waals surface area contributed by atoms with Gasteiger partial charge in [0.1, 0.15) is 5.75 Å². The predicted octanol–water partition coefficient (Wildman–Crippen LogP) is 4.46. The Bertz CT molecular complexity index is 1290. The second-order valence-corrected chi connectivity index (χ2v) is 13.1. The summed E-state index contributed by atoms with van der Waals surface area (Å²) in [6.07, 6.45) is 5.08. The molecule has 1 amide bonds. The van der Waals surface area contributed by atoms with E-state index in [4.69, 9.17) is 21.1 Å². The lowest BCUT2D eigenvalue weighted by atomic mass is 9.53. The topological polar surface area (TPSA) is 111 Å². The zero-order valence-electron chi connectivity index (χ0n) is 21.5. The van der Waals surface area contributed by atoms with Gasteiger partial charge < -0.3 is 14.8 Å². The van der Waals surface area contributed by atoms with Gasteiger partial charge in [-0.2, -0.15) is 0 Å². The van der Waals surface area contributed by atoms with Crippen LogP contribution >= 0.6 is 11.6 Å². The molecule has 2 N–H and O–H groups in total. The lowest BCUT2D eigenvalue weighted by molar-refractivity contribution is -0.129. The third-order valence-electron chi connectivity index (χ3n) is 8.14. The molecule has 10 heteroatoms. The van der Waals surface area contributed by atoms with Crippen LogP contribution in [0.25, 0.3) is 0 Å². The van der Waals surface area contributed by atoms with E-state index in [9.17, 15) is 18.0 Å². The minimum absolute atomic E-state index is 0.0406. The molecule has 38 heavy (non-hydrogen) atoms. The second-order valence-electron chi connectivity index (χ2n) is 11.1. The molecule has 0 aliphatic heterocycles. The van der Waals surface area contributed by atoms with Gasteiger partial charge >= 0.3 is 5.97 Å². The van der Waals surface area contributed by atoms with Crippen molar-refractivity contribution in [1.29, 1.82) is 0 Å². The molecule has 0 spiro atoms. The predicted molar refractivity (Wildman–Crippen MR) is 142 cm³/mol. The van der Waals surface area contributed by atoms with Crippen LogP contribution in [-0.2, 0) is 26.1 Å². The molecule has 0 aromatic heterocycles. The molecule has 4 aliphatic carbocycles. The van der Waals surface area contributed by atoms with Crippen molar-refractivity contribution in [2.24, 2.45) is 17.8 Å². The Kier molecular flexibility index (Phi) is 7.46. The van der Waals surface area contributed by atoms with Crippen molar-refractivity contribution in [1.82, 2.24) is 10.0 Å². The maximum atomic E-state index is 13.4. The summed E-state index contributed by atoms with van der Waals surface area (Å²) < 4.78 is 40.3. The minimum Gasteiger partial charge on any atom is -0.497 e. The normalized spacial score (nSPS) is 26.6. The molecule has 4 fully saturated rings. The fraction of sp³-hybridized carbons (Fsp3) is 0.500. The Morgan fingerprint density at radius 2 is 1.63 bits per heavy atom. The third-order valence-corrected chi connectivity index (χ3v) is 10.0. The van der Waals surface area contributed by atoms with Gasteiger partial charge in [0, 0.05) is 12.1 Å². The van der Waals surface area contributed by atoms with E-state index in [1.54, 1.807) is 19.2 Å². The van der Waals surface area contributed by atoms with Crippen molar-refractivity contribution < 1.29 is 27.5 Å². The van der Waals surface area contributed by atoms with Crippen molar-refractivity contribution in [3.63, 3.8) is 0 Å². The zero-order chi connectivity index (χ0) is 27.1. The SMILES string of the molecule is COc1ccc(CNC(=O)C(C)OC(=O)c2cc(S(=O)(=O)NC34CC5CC(CC(C5)C3)C4)ccc2Cl)cc1. The first-order valence-corrected chi connectivity index (χ1v) is 14.9. The van der Waals surface area contributed by atoms with Gasteiger partial charge in [-0.05, 0) is 99.1 Å². The number of esters is 1. The number of hydrogen-bond donors (Lipinski definition) is 2. The molecule has 4 aliphatic rings. The van der Waals surface area contributed by atoms with Crippen LogP contribution in [0.3, 0.4) is 0 Å². The Morgan fingerprint density at radius 3 is 2.21 bits per heavy atom. The fourth-order valence-corrected chi connectivity index (χ4v) is 8.41. The molecular weight excluding hydrogens is 528 g/mol. The van der Waals surface area contributed by atoms with Crippen molar-refractivity contribution in [3.05, 3.63) is 58.6 Å². The Labute approximate surface area is 228 Å². The van der Waals surface area contributed by atoms with Gasteiger partial charge in [0.05, 0.1) is 22.6 Å². The molecule has 1 unspecified atom stereocenters. The lowest BCUT2D eigenvalue weighted by Crippen LogP contribution is -2.59. The number of halogens is 1. The lowest BCUT2D eigenvalue weighted by Gasteiger charge is -2.56. The van der Waals surface area contributed by atoms with E-state index in [0.29, 0.717) is 23.5 Å². The van der Waals surface area contributed by atoms with E-state index in [2.05, 4.69) is 10.0 Å². The Hall–Kier alpha value is -2.62. The molecule has 4 bridgehead atoms. The number of amides is 1. The van der Waals surface area contributed by atoms with Crippen molar-refractivity contribution in [3.8, 4) is 5.75 Å². The van der Waals surface area contributed by atoms with E-state index in [-0.39, 0.29) is 22.0 Å². The van der Waals surface area contributed by atoms with Gasteiger partial charge in [-0.25, -0.2) is 17.9 Å². The summed E-state index contributed by atoms with van der Waals surface area (Å²) in [6.45, 7) is 1.69. The Morgan fingerprint density at radius 1 is 1.03 bits per heavy atom. The largest absolute Gasteiger partial charge is 0.497 e. The standard InChI is InChI=1S/C28H33ClN2O6S/c1-17(26(32)30-16-18-3-5-22(36-2)6-4-18)37-27(33)24-12-23(7-8-25(24)29)38(34,35)31-28-13-19-9-20(14-28)11-21(10-19)15-28/h3-8,12,17,19-21,31H,9-11,13-16H2,1-2H3,(H,30,32). The van der Waals surface area contributed by atoms with E-state index >= 15 is 0 Å². The van der Waals surface area contributed by atoms with E-state index in [1.165, 1.54) is 44.4 Å². The molecule has 1 atom stereocenters. The summed E-state index contributed by atoms with van der Waals surface area (Å²) in [5, 5.41) is 2.77. The number of hydrogen-bond acceptors (Lipinski definition) is 6. The van der Waals surface area contributed by atoms with Gasteiger partial charge in [-0.15, -0.1) is 0 Å². The molecule has 2 aromatic rings. The summed E-state index contributed by atoms with van der Waals surface area (Å²) in [7, 11) is -2.32. The van der Waals surface area contributed by atoms with Crippen molar-refractivity contribution in [2.75, 3.05) is 7.11 Å². The van der Waals surface area contributed by atoms with Crippen LogP contribution in [0.1, 0.15) is 61.4 Å². The number of ether oxygens (including phenoxy) is 2. The van der Waals surface area contributed by atoms with Crippen LogP contribution in [0.5, 0.6) is 5.75 Å². The van der Waals surface area contributed by atoms with Gasteiger partial charge in [0.15, 0.2) is 6.10 Å². The highest BCUT2D eigenvalue weighted by Crippen LogP contribution is 2.56. The highest BCUT2D eigenvalue weighted by molar-refractivity contribution is 7.89. The second kappa shape index (κ2) is 10.5. The van der Waals surface area contributed by atoms with Crippen molar-refractivity contribution >= 4 is 33.5 Å². The molecule has 8 nitrogen and oxygen atoms in total. The average Bonchev–Trinajstić information content (AvgIpc) is 2.86. The first kappa shape index (κ1) is 27.0. The summed E-state index contributed by atoms with van der Waals surface area (Å²) >= 11 is 6.24. The third kappa shape index (κ3) is 5.70. The van der Waals surface area contributed by atoms with Crippen LogP contribution in [0, 0.1) is 17.8 Å². The molecule has 6 rings (SSSR count). The maximum Gasteiger partial charge on any atom is 0.340 e. The number of methoxy groups -OCH3 is 1. The van der Waals surface area contributed by atoms with Crippen LogP contribution < -0.4 is 14.8 Å². The van der Waals surface area contributed by atoms with Gasteiger partial charge in [0.2, 0.25) is 10.0 Å². The molecule has 2 aromatic carbocycles. The van der Waals surface area contributed by atoms with E-state index < -0.39 is 33.5 Å². The fourth-order valence-electron chi connectivity index (χ4n) is 6.76. The van der Waals surface area contributed by atoms with E-state index in [1.807, 2.05) is 12.1 Å². The highest BCUT2D eigenvalue weighted by Gasteiger charge is 2.52. The van der Waals surface area contributed by atoms with Crippen LogP contribution in [-0.4, -0.2) is 39.0 Å². The quantitative estimate of drug-likeness (QED) is 0.438. The molecule has 0 saturated heterocycles. The van der Waals surface area contributed by atoms with Crippen LogP contribution in [0.15, 0.2) is 47.4 Å². The minimum atomic E-state index is -3.89. The average molecular weight is 561 g/mol. The molecule has 4 saturated carbocycles. The zero-order valence-corrected chi connectivity index (χ0v) is 23.1. The summed E-state index contributed by atoms with van der Waals surface area (Å²) in [4.78, 5) is 25.4. The monoisotopic (exact) mass is 560 g/mol. The number of carbonyl (C=O) groups excluding carboxylic acids is 2. The number of rotatable bonds is 9. The molecule has 204 valence electrons. The number of sulfonamides is 1. The number of carbonyl (C=O) groups is 2. The molecular formula is C28H33ClN2O6S. The first-order valence-electron chi connectivity index (χ1n) is 13.0. The van der Waals surface area contributed by atoms with Gasteiger partial charge in [0.25, 0.3) is 5.91 Å². The van der Waals surface area contributed by atoms with Crippen LogP contribution in [0.2, 0.25) is 5.02 Å². The Balaban J connectivity index is 1.23. The molecule has 0 radical (unpaired) electrons. The van der Waals surface area contributed by atoms with Crippen molar-refractivity contribution in [2.45, 2.75) is 68.5 Å². The van der Waals surface area contributed by atoms with Gasteiger partial charge in [-0.3, -0.25) is 4.79 Å².